The molecule has 8 rings (SSSR count). The lowest BCUT2D eigenvalue weighted by molar-refractivity contribution is -0.137. The number of piperazine rings is 1. The lowest BCUT2D eigenvalue weighted by Crippen LogP contribution is -2.61. The van der Waals surface area contributed by atoms with E-state index in [0.29, 0.717) is 30.9 Å². The molecule has 2 unspecified atom stereocenters. The van der Waals surface area contributed by atoms with E-state index in [2.05, 4.69) is 15.2 Å². The van der Waals surface area contributed by atoms with Crippen molar-refractivity contribution in [3.63, 3.8) is 0 Å². The molecule has 6 aliphatic heterocycles. The first kappa shape index (κ1) is 23.9. The van der Waals surface area contributed by atoms with Gasteiger partial charge in [-0.15, -0.1) is 0 Å². The van der Waals surface area contributed by atoms with Crippen molar-refractivity contribution in [1.29, 1.82) is 0 Å². The third-order valence-electron chi connectivity index (χ3n) is 9.11. The van der Waals surface area contributed by atoms with E-state index in [1.54, 1.807) is 0 Å². The summed E-state index contributed by atoms with van der Waals surface area (Å²) < 4.78 is 88.0. The highest BCUT2D eigenvalue weighted by Crippen LogP contribution is 2.45. The minimum absolute atomic E-state index is 0.0234. The average Bonchev–Trinajstić information content (AvgIpc) is 3.37. The van der Waals surface area contributed by atoms with Crippen LogP contribution in [-0.2, 0) is 19.1 Å². The Hall–Kier alpha value is -2.57. The highest BCUT2D eigenvalue weighted by molar-refractivity contribution is 6.32. The average molecular weight is 600 g/mol. The SMILES string of the molecule is [2H]C1([2H])CC[C@@]2(COc3nc4c(c(N5CC6CCC5CN6)n3)CCN(c3cc(O)cc(Cl)c3C(F)(F)F)C4)C[C@@]([2H])(F)CN12. The van der Waals surface area contributed by atoms with Crippen LogP contribution in [0.4, 0.5) is 29.1 Å². The number of nitrogens with zero attached hydrogens (tertiary/aromatic N) is 5. The monoisotopic (exact) mass is 599 g/mol. The van der Waals surface area contributed by atoms with Gasteiger partial charge in [-0.25, -0.2) is 4.39 Å². The molecule has 0 aliphatic carbocycles. The van der Waals surface area contributed by atoms with E-state index in [0.717, 1.165) is 37.1 Å². The normalized spacial score (nSPS) is 33.7. The van der Waals surface area contributed by atoms with Crippen molar-refractivity contribution in [2.75, 3.05) is 49.1 Å². The molecule has 2 bridgehead atoms. The van der Waals surface area contributed by atoms with Crippen molar-refractivity contribution in [2.45, 2.75) is 75.0 Å². The molecule has 0 spiro atoms. The summed E-state index contributed by atoms with van der Waals surface area (Å²) in [5, 5.41) is 13.1. The van der Waals surface area contributed by atoms with Gasteiger partial charge in [0.25, 0.3) is 0 Å². The van der Waals surface area contributed by atoms with Crippen molar-refractivity contribution in [3.05, 3.63) is 34.0 Å². The predicted molar refractivity (Wildman–Crippen MR) is 146 cm³/mol. The van der Waals surface area contributed by atoms with E-state index in [1.165, 1.54) is 9.80 Å². The largest absolute Gasteiger partial charge is 0.508 e. The molecule has 5 fully saturated rings. The molecule has 0 saturated carbocycles. The molecule has 0 radical (unpaired) electrons. The molecule has 222 valence electrons. The van der Waals surface area contributed by atoms with Gasteiger partial charge in [0.15, 0.2) is 0 Å². The first-order chi connectivity index (χ1) is 20.6. The number of hydrogen-bond acceptors (Lipinski definition) is 8. The van der Waals surface area contributed by atoms with Gasteiger partial charge in [-0.3, -0.25) is 4.90 Å². The van der Waals surface area contributed by atoms with Gasteiger partial charge in [0.1, 0.15) is 24.3 Å². The van der Waals surface area contributed by atoms with Gasteiger partial charge >= 0.3 is 12.2 Å². The Morgan fingerprint density at radius 2 is 2.12 bits per heavy atom. The molecule has 13 heteroatoms. The van der Waals surface area contributed by atoms with Gasteiger partial charge in [0.05, 0.1) is 35.4 Å². The summed E-state index contributed by atoms with van der Waals surface area (Å²) in [7, 11) is 0. The quantitative estimate of drug-likeness (QED) is 0.493. The number of anilines is 2. The Balaban J connectivity index is 1.25. The lowest BCUT2D eigenvalue weighted by atomic mass is 9.92. The Labute approximate surface area is 244 Å². The fraction of sp³-hybridized carbons (Fsp3) is 0.643. The fourth-order valence-corrected chi connectivity index (χ4v) is 7.41. The van der Waals surface area contributed by atoms with Gasteiger partial charge in [-0.05, 0) is 44.7 Å². The van der Waals surface area contributed by atoms with Crippen LogP contribution < -0.4 is 19.9 Å². The molecule has 1 aromatic carbocycles. The van der Waals surface area contributed by atoms with Crippen LogP contribution in [0.15, 0.2) is 12.1 Å². The molecule has 2 N–H and O–H groups in total. The Bertz CT molecular complexity index is 1480. The number of phenols is 1. The van der Waals surface area contributed by atoms with E-state index < -0.39 is 34.9 Å². The van der Waals surface area contributed by atoms with Crippen LogP contribution in [0.3, 0.4) is 0 Å². The molecule has 5 saturated heterocycles. The second-order valence-electron chi connectivity index (χ2n) is 11.7. The number of ether oxygens (including phenoxy) is 1. The second-order valence-corrected chi connectivity index (χ2v) is 12.1. The predicted octanol–water partition coefficient (Wildman–Crippen LogP) is 4.31. The number of fused-ring (bicyclic) bond motifs is 5. The fourth-order valence-electron chi connectivity index (χ4n) is 7.09. The van der Waals surface area contributed by atoms with E-state index in [1.807, 2.05) is 0 Å². The van der Waals surface area contributed by atoms with Crippen molar-refractivity contribution < 1.29 is 31.5 Å². The highest BCUT2D eigenvalue weighted by atomic mass is 35.5. The molecule has 2 aromatic rings. The van der Waals surface area contributed by atoms with E-state index in [9.17, 15) is 22.7 Å². The molecule has 6 aliphatic rings. The smallest absolute Gasteiger partial charge is 0.419 e. The third kappa shape index (κ3) is 4.85. The number of halogens is 5. The first-order valence-corrected chi connectivity index (χ1v) is 14.4. The minimum Gasteiger partial charge on any atom is -0.508 e. The number of aromatic nitrogens is 2. The lowest BCUT2D eigenvalue weighted by Gasteiger charge is -2.47. The highest BCUT2D eigenvalue weighted by Gasteiger charge is 2.49. The van der Waals surface area contributed by atoms with Crippen LogP contribution in [-0.4, -0.2) is 83.0 Å². The topological polar surface area (TPSA) is 77.0 Å². The van der Waals surface area contributed by atoms with E-state index >= 15 is 0 Å². The Morgan fingerprint density at radius 1 is 1.27 bits per heavy atom. The summed E-state index contributed by atoms with van der Waals surface area (Å²) in [6, 6.07) is 2.36. The molecule has 8 nitrogen and oxygen atoms in total. The molecule has 7 heterocycles. The summed E-state index contributed by atoms with van der Waals surface area (Å²) >= 11 is 5.98. The number of rotatable bonds is 5. The standard InChI is InChI=1S/C28H33ClF4N6O2/c29-21-8-19(40)9-23(24(21)28(31,32)33)37-7-4-20-22(14-37)35-26(36-25(20)39-13-17-2-3-18(39)11-34-17)41-15-27-5-1-6-38(27)12-16(30)10-27/h8-9,16-18,34,40H,1-7,10-15H2/t16-,17?,18?,27+/m1/s1/i6D2,16D. The summed E-state index contributed by atoms with van der Waals surface area (Å²) in [5.41, 5.74) is -1.04. The molecular weight excluding hydrogens is 564 g/mol. The number of piperidine rings is 2. The van der Waals surface area contributed by atoms with Gasteiger partial charge < -0.3 is 25.0 Å². The van der Waals surface area contributed by atoms with Gasteiger partial charge in [-0.2, -0.15) is 23.1 Å². The van der Waals surface area contributed by atoms with Crippen molar-refractivity contribution in [3.8, 4) is 11.8 Å². The maximum Gasteiger partial charge on any atom is 0.419 e. The van der Waals surface area contributed by atoms with Crippen molar-refractivity contribution in [2.24, 2.45) is 0 Å². The molecule has 0 amide bonds. The summed E-state index contributed by atoms with van der Waals surface area (Å²) in [6.45, 7) is -0.610. The minimum atomic E-state index is -4.76. The number of nitrogens with one attached hydrogen (secondary N) is 1. The summed E-state index contributed by atoms with van der Waals surface area (Å²) in [5.74, 6) is 0.275. The number of hydrogen-bond donors (Lipinski definition) is 2. The summed E-state index contributed by atoms with van der Waals surface area (Å²) in [4.78, 5) is 14.5. The number of aromatic hydroxyl groups is 1. The van der Waals surface area contributed by atoms with E-state index in [-0.39, 0.29) is 68.6 Å². The zero-order chi connectivity index (χ0) is 31.2. The molecular formula is C28H33ClF4N6O2. The van der Waals surface area contributed by atoms with E-state index in [4.69, 9.17) is 25.4 Å². The Morgan fingerprint density at radius 3 is 2.85 bits per heavy atom. The van der Waals surface area contributed by atoms with Gasteiger partial charge in [0.2, 0.25) is 0 Å². The molecule has 1 aromatic heterocycles. The zero-order valence-corrected chi connectivity index (χ0v) is 23.0. The molecule has 41 heavy (non-hydrogen) atoms. The number of benzene rings is 1. The van der Waals surface area contributed by atoms with Crippen LogP contribution in [0, 0.1) is 0 Å². The zero-order valence-electron chi connectivity index (χ0n) is 25.3. The first-order valence-electron chi connectivity index (χ1n) is 15.5. The Kier molecular flexibility index (Phi) is 5.85. The summed E-state index contributed by atoms with van der Waals surface area (Å²) in [6.07, 6.45) is -4.48. The van der Waals surface area contributed by atoms with Crippen LogP contribution in [0.1, 0.15) is 53.0 Å². The van der Waals surface area contributed by atoms with Crippen molar-refractivity contribution >= 4 is 23.1 Å². The third-order valence-corrected chi connectivity index (χ3v) is 9.41. The van der Waals surface area contributed by atoms with Crippen LogP contribution in [0.5, 0.6) is 11.8 Å². The van der Waals surface area contributed by atoms with Crippen molar-refractivity contribution in [1.82, 2.24) is 20.2 Å². The number of phenolic OH excluding ortho intramolecular Hbond substituents is 1. The van der Waals surface area contributed by atoms with Crippen LogP contribution in [0.2, 0.25) is 5.02 Å². The van der Waals surface area contributed by atoms with Gasteiger partial charge in [0, 0.05) is 59.1 Å². The maximum absolute atomic E-state index is 14.9. The number of alkyl halides is 4. The maximum atomic E-state index is 14.9. The van der Waals surface area contributed by atoms with Crippen LogP contribution >= 0.6 is 11.6 Å². The van der Waals surface area contributed by atoms with Crippen LogP contribution in [0.25, 0.3) is 0 Å². The van der Waals surface area contributed by atoms with Gasteiger partial charge in [-0.1, -0.05) is 11.6 Å². The second kappa shape index (κ2) is 10.0. The molecule has 4 atom stereocenters.